The molecule has 0 radical (unpaired) electrons. The molecule has 0 heterocycles. The summed E-state index contributed by atoms with van der Waals surface area (Å²) in [4.78, 5) is 0. The van der Waals surface area contributed by atoms with Gasteiger partial charge in [0.2, 0.25) is 0 Å². The Kier molecular flexibility index (Phi) is 8.75. The van der Waals surface area contributed by atoms with Crippen molar-refractivity contribution < 1.29 is 37.2 Å². The molecule has 0 aliphatic heterocycles. The molecule has 0 aliphatic carbocycles. The molecule has 5 nitrogen and oxygen atoms in total. The Bertz CT molecular complexity index is 764. The van der Waals surface area contributed by atoms with Crippen LogP contribution in [-0.2, 0) is 9.47 Å². The molecule has 0 saturated heterocycles. The van der Waals surface area contributed by atoms with E-state index in [-0.39, 0.29) is 13.2 Å². The van der Waals surface area contributed by atoms with Gasteiger partial charge in [-0.05, 0) is 48.7 Å². The SMILES string of the molecule is Cc1cc(C(COC(F)(F)F)Oc2ccccc2C)ccc1OCCOCCO. The molecule has 0 saturated carbocycles. The van der Waals surface area contributed by atoms with Crippen LogP contribution >= 0.6 is 0 Å². The summed E-state index contributed by atoms with van der Waals surface area (Å²) in [6.45, 7) is 3.72. The minimum Gasteiger partial charge on any atom is -0.491 e. The van der Waals surface area contributed by atoms with E-state index in [0.29, 0.717) is 30.3 Å². The van der Waals surface area contributed by atoms with E-state index in [1.54, 1.807) is 37.3 Å². The fourth-order valence-electron chi connectivity index (χ4n) is 2.62. The van der Waals surface area contributed by atoms with Crippen LogP contribution in [0.3, 0.4) is 0 Å². The largest absolute Gasteiger partial charge is 0.522 e. The first-order valence-electron chi connectivity index (χ1n) is 9.15. The van der Waals surface area contributed by atoms with Crippen LogP contribution in [0.2, 0.25) is 0 Å². The summed E-state index contributed by atoms with van der Waals surface area (Å²) in [5.41, 5.74) is 2.10. The van der Waals surface area contributed by atoms with E-state index in [4.69, 9.17) is 19.3 Å². The van der Waals surface area contributed by atoms with Crippen molar-refractivity contribution >= 4 is 0 Å². The van der Waals surface area contributed by atoms with Crippen molar-refractivity contribution in [3.8, 4) is 11.5 Å². The number of aliphatic hydroxyl groups is 1. The van der Waals surface area contributed by atoms with Gasteiger partial charge in [-0.1, -0.05) is 24.3 Å². The maximum atomic E-state index is 12.6. The second kappa shape index (κ2) is 11.0. The molecule has 2 aromatic rings. The van der Waals surface area contributed by atoms with Crippen molar-refractivity contribution in [3.63, 3.8) is 0 Å². The molecule has 0 aliphatic rings. The molecule has 8 heteroatoms. The van der Waals surface area contributed by atoms with Gasteiger partial charge in [0.25, 0.3) is 0 Å². The number of rotatable bonds is 11. The second-order valence-corrected chi connectivity index (χ2v) is 6.34. The van der Waals surface area contributed by atoms with E-state index in [1.165, 1.54) is 0 Å². The van der Waals surface area contributed by atoms with Crippen molar-refractivity contribution in [2.24, 2.45) is 0 Å². The average Bonchev–Trinajstić information content (AvgIpc) is 2.66. The Morgan fingerprint density at radius 1 is 0.931 bits per heavy atom. The van der Waals surface area contributed by atoms with Gasteiger partial charge in [-0.3, -0.25) is 4.74 Å². The summed E-state index contributed by atoms with van der Waals surface area (Å²) >= 11 is 0. The highest BCUT2D eigenvalue weighted by atomic mass is 19.4. The molecule has 29 heavy (non-hydrogen) atoms. The number of ether oxygens (including phenoxy) is 4. The van der Waals surface area contributed by atoms with Crippen molar-refractivity contribution in [2.45, 2.75) is 26.3 Å². The van der Waals surface area contributed by atoms with Crippen LogP contribution in [0.25, 0.3) is 0 Å². The van der Waals surface area contributed by atoms with Crippen molar-refractivity contribution in [1.82, 2.24) is 0 Å². The van der Waals surface area contributed by atoms with E-state index in [0.717, 1.165) is 11.1 Å². The van der Waals surface area contributed by atoms with Crippen LogP contribution in [0.5, 0.6) is 11.5 Å². The number of aryl methyl sites for hydroxylation is 2. The second-order valence-electron chi connectivity index (χ2n) is 6.34. The first-order valence-corrected chi connectivity index (χ1v) is 9.15. The fraction of sp³-hybridized carbons (Fsp3) is 0.429. The van der Waals surface area contributed by atoms with E-state index in [2.05, 4.69) is 4.74 Å². The average molecular weight is 414 g/mol. The van der Waals surface area contributed by atoms with Crippen LogP contribution in [0.1, 0.15) is 22.8 Å². The third-order valence-electron chi connectivity index (χ3n) is 4.05. The number of hydrogen-bond acceptors (Lipinski definition) is 5. The Morgan fingerprint density at radius 2 is 1.69 bits per heavy atom. The summed E-state index contributed by atoms with van der Waals surface area (Å²) in [5.74, 6) is 1.08. The lowest BCUT2D eigenvalue weighted by Gasteiger charge is -2.22. The predicted octanol–water partition coefficient (Wildman–Crippen LogP) is 4.35. The van der Waals surface area contributed by atoms with Crippen LogP contribution in [0.15, 0.2) is 42.5 Å². The van der Waals surface area contributed by atoms with Gasteiger partial charge in [0, 0.05) is 0 Å². The first kappa shape index (κ1) is 23.0. The minimum absolute atomic E-state index is 0.0595. The third-order valence-corrected chi connectivity index (χ3v) is 4.05. The maximum Gasteiger partial charge on any atom is 0.522 e. The standard InChI is InChI=1S/C21H25F3O5/c1-15-5-3-4-6-19(15)29-20(14-28-21(22,23)24)17-7-8-18(16(2)13-17)27-12-11-26-10-9-25/h3-8,13,20,25H,9-12,14H2,1-2H3. The van der Waals surface area contributed by atoms with Gasteiger partial charge in [-0.2, -0.15) is 0 Å². The number of alkyl halides is 3. The topological polar surface area (TPSA) is 57.2 Å². The molecule has 0 fully saturated rings. The van der Waals surface area contributed by atoms with Gasteiger partial charge in [0.05, 0.1) is 26.4 Å². The summed E-state index contributed by atoms with van der Waals surface area (Å²) < 4.78 is 58.4. The summed E-state index contributed by atoms with van der Waals surface area (Å²) in [5, 5.41) is 8.67. The van der Waals surface area contributed by atoms with Crippen molar-refractivity contribution in [2.75, 3.05) is 33.0 Å². The van der Waals surface area contributed by atoms with Gasteiger partial charge in [0.1, 0.15) is 24.2 Å². The molecule has 0 bridgehead atoms. The van der Waals surface area contributed by atoms with Crippen LogP contribution < -0.4 is 9.47 Å². The predicted molar refractivity (Wildman–Crippen MR) is 101 cm³/mol. The number of halogens is 3. The molecule has 0 aromatic heterocycles. The first-order chi connectivity index (χ1) is 13.8. The van der Waals surface area contributed by atoms with Gasteiger partial charge in [0.15, 0.2) is 0 Å². The number of aliphatic hydroxyl groups excluding tert-OH is 1. The normalized spacial score (nSPS) is 12.6. The molecule has 2 rings (SSSR count). The van der Waals surface area contributed by atoms with Crippen molar-refractivity contribution in [1.29, 1.82) is 0 Å². The van der Waals surface area contributed by atoms with Crippen molar-refractivity contribution in [3.05, 3.63) is 59.2 Å². The molecule has 160 valence electrons. The summed E-state index contributed by atoms with van der Waals surface area (Å²) in [6.07, 6.45) is -5.70. The Morgan fingerprint density at radius 3 is 2.34 bits per heavy atom. The number of hydrogen-bond donors (Lipinski definition) is 1. The smallest absolute Gasteiger partial charge is 0.491 e. The zero-order valence-corrected chi connectivity index (χ0v) is 16.4. The molecule has 1 atom stereocenters. The fourth-order valence-corrected chi connectivity index (χ4v) is 2.62. The van der Waals surface area contributed by atoms with Gasteiger partial charge in [-0.15, -0.1) is 13.2 Å². The Hall–Kier alpha value is -2.29. The van der Waals surface area contributed by atoms with Crippen LogP contribution in [0, 0.1) is 13.8 Å². The molecule has 1 unspecified atom stereocenters. The molecule has 0 spiro atoms. The lowest BCUT2D eigenvalue weighted by molar-refractivity contribution is -0.330. The van der Waals surface area contributed by atoms with Gasteiger partial charge in [-0.25, -0.2) is 0 Å². The Labute approximate surface area is 168 Å². The maximum absolute atomic E-state index is 12.6. The highest BCUT2D eigenvalue weighted by Gasteiger charge is 2.31. The molecular formula is C21H25F3O5. The lowest BCUT2D eigenvalue weighted by Crippen LogP contribution is -2.22. The third kappa shape index (κ3) is 7.92. The zero-order valence-electron chi connectivity index (χ0n) is 16.4. The highest BCUT2D eigenvalue weighted by molar-refractivity contribution is 5.38. The molecule has 1 N–H and O–H groups in total. The molecule has 2 aromatic carbocycles. The van der Waals surface area contributed by atoms with Crippen LogP contribution in [0.4, 0.5) is 13.2 Å². The minimum atomic E-state index is -4.75. The van der Waals surface area contributed by atoms with Gasteiger partial charge >= 0.3 is 6.36 Å². The monoisotopic (exact) mass is 414 g/mol. The van der Waals surface area contributed by atoms with E-state index in [9.17, 15) is 13.2 Å². The van der Waals surface area contributed by atoms with E-state index < -0.39 is 19.1 Å². The zero-order chi connectivity index (χ0) is 21.3. The van der Waals surface area contributed by atoms with Gasteiger partial charge < -0.3 is 19.3 Å². The van der Waals surface area contributed by atoms with Crippen LogP contribution in [-0.4, -0.2) is 44.5 Å². The Balaban J connectivity index is 2.12. The molecular weight excluding hydrogens is 389 g/mol. The number of para-hydroxylation sites is 1. The quantitative estimate of drug-likeness (QED) is 0.554. The lowest BCUT2D eigenvalue weighted by atomic mass is 10.1. The van der Waals surface area contributed by atoms with E-state index >= 15 is 0 Å². The summed E-state index contributed by atoms with van der Waals surface area (Å²) in [7, 11) is 0. The highest BCUT2D eigenvalue weighted by Crippen LogP contribution is 2.30. The summed E-state index contributed by atoms with van der Waals surface area (Å²) in [6, 6.07) is 12.1. The van der Waals surface area contributed by atoms with E-state index in [1.807, 2.05) is 19.1 Å². The number of benzene rings is 2. The molecule has 0 amide bonds.